The maximum absolute atomic E-state index is 14.9. The summed E-state index contributed by atoms with van der Waals surface area (Å²) in [7, 11) is -5.83. The van der Waals surface area contributed by atoms with Gasteiger partial charge in [-0.25, -0.2) is 0 Å². The molecule has 21 atom stereocenters. The zero-order valence-electron chi connectivity index (χ0n) is 59.0. The summed E-state index contributed by atoms with van der Waals surface area (Å²) in [6, 6.07) is 57.8. The van der Waals surface area contributed by atoms with Crippen LogP contribution < -0.4 is 20.7 Å². The molecule has 5 aliphatic rings. The molecular formula is C75H94B2N6O14PSi2. The first-order chi connectivity index (χ1) is 48.2. The Balaban J connectivity index is 0.996. The minimum Gasteiger partial charge on any atom is -0.0622 e. The van der Waals surface area contributed by atoms with Crippen molar-refractivity contribution in [1.29, 1.82) is 0 Å². The summed E-state index contributed by atoms with van der Waals surface area (Å²) in [6.07, 6.45) is -11.0. The summed E-state index contributed by atoms with van der Waals surface area (Å²) < 4.78 is 97.6. The molecular weight excluding hydrogens is 1320 g/mol. The quantitative estimate of drug-likeness (QED) is 0.0116. The first-order valence-electron chi connectivity index (χ1n) is 34.9. The van der Waals surface area contributed by atoms with E-state index in [1.807, 2.05) is 130 Å². The Morgan fingerprint density at radius 3 is 1.48 bits per heavy atom. The van der Waals surface area contributed by atoms with Gasteiger partial charge in [-0.05, 0) is 44.9 Å². The van der Waals surface area contributed by atoms with Crippen molar-refractivity contribution in [2.45, 2.75) is 185 Å². The molecule has 0 spiro atoms. The second-order valence-corrected chi connectivity index (χ2v) is 39.1. The smallest absolute Gasteiger partial charge is 0.0622 e. The van der Waals surface area contributed by atoms with Gasteiger partial charge in [0, 0.05) is 10.8 Å². The molecule has 100 heavy (non-hydrogen) atoms. The van der Waals surface area contributed by atoms with Crippen molar-refractivity contribution in [2.75, 3.05) is 26.4 Å². The molecule has 0 saturated carbocycles. The number of nitrogens with zero attached hydrogens (tertiary/aromatic N) is 6. The molecule has 6 aromatic carbocycles. The van der Waals surface area contributed by atoms with Crippen molar-refractivity contribution in [1.82, 2.24) is 0 Å². The zero-order chi connectivity index (χ0) is 70.8. The van der Waals surface area contributed by atoms with Crippen molar-refractivity contribution in [2.24, 2.45) is 39.8 Å². The standard InChI is InChI=1S/C75H94B2N6O14PSi2/c1-47-48(2)70-87-44-60(91-70)64(47)95-71-62(80-82-78)50(4)65(61(92-71)46-89-100(75(9,10)11,56-38-26-16-27-39-56)57-40-28-17-29-41-57)97-73-67(94-69(84)53-32-20-13-21-33-53)51(5)66(59(93-73)43-86-42-52-30-18-12-19-31-52)96-72-63(81-83-79)68(98-77-76-85)49(3)58(90-72)45-88-99(74(6,7)8,54-34-22-14-23-35-54)55-36-24-15-25-37-55/h12-41,47-51,58-68,70-73,98H,42-46H2,1-11H3/t47-,48+,49-,50-,51+,58?,59?,60?,61?,62?,63?,64?,65+,66+,67?,68+,70?,71-,72-,73+/m1/s1. The number of carbonyl (C=O) groups is 1. The minimum atomic E-state index is -3.32. The summed E-state index contributed by atoms with van der Waals surface area (Å²) in [5.41, 5.74) is 21.8. The van der Waals surface area contributed by atoms with Crippen LogP contribution in [0.1, 0.15) is 92.1 Å². The number of rotatable bonds is 27. The van der Waals surface area contributed by atoms with Gasteiger partial charge in [-0.15, -0.1) is 0 Å². The van der Waals surface area contributed by atoms with E-state index in [4.69, 9.17) is 56.2 Å². The summed E-state index contributed by atoms with van der Waals surface area (Å²) in [6.45, 7) is 25.4. The molecule has 2 bridgehead atoms. The van der Waals surface area contributed by atoms with Gasteiger partial charge in [-0.3, -0.25) is 0 Å². The number of ether oxygens (including phenoxy) is 10. The molecule has 25 heteroatoms. The summed E-state index contributed by atoms with van der Waals surface area (Å²) in [5.74, 6) is -2.56. The molecule has 527 valence electrons. The molecule has 20 nitrogen and oxygen atoms in total. The fourth-order valence-electron chi connectivity index (χ4n) is 15.5. The van der Waals surface area contributed by atoms with E-state index in [-0.39, 0.29) is 69.5 Å². The average Bonchev–Trinajstić information content (AvgIpc) is 0.915. The van der Waals surface area contributed by atoms with E-state index in [1.165, 1.54) is 0 Å². The van der Waals surface area contributed by atoms with Crippen LogP contribution in [0.5, 0.6) is 0 Å². The molecule has 5 aliphatic heterocycles. The predicted octanol–water partition coefficient (Wildman–Crippen LogP) is 11.8. The van der Waals surface area contributed by atoms with E-state index in [0.717, 1.165) is 33.4 Å². The third-order valence-electron chi connectivity index (χ3n) is 21.0. The molecule has 0 N–H and O–H groups in total. The predicted molar refractivity (Wildman–Crippen MR) is 390 cm³/mol. The molecule has 0 amide bonds. The van der Waals surface area contributed by atoms with Crippen molar-refractivity contribution in [3.8, 4) is 0 Å². The number of hydrogen-bond acceptors (Lipinski definition) is 16. The SMILES string of the molecule is C[C@@H]1C(N=[N+]=[N-])[C@@H](OC2C3COC(O3)[C@@H](C)[C@H]2C)OC(CO[Si](c2ccccc2)(c2ccccc2)C(C)(C)C)[C@H]1O[C@@H]1OC(COCc2ccccc2)[C@@H](O[C@H]2OC(CO[Si](c3ccccc3)(c3ccccc3)C(C)(C)C)[C@@H](C)[C@H](P[B]B=O)C2N=[N+]=[N-])[C@H](C)C1OC(=O)c1ccccc1. The third-order valence-corrected chi connectivity index (χ3v) is 32.6. The topological polar surface area (TPSA) is 242 Å². The first-order valence-corrected chi connectivity index (χ1v) is 39.9. The van der Waals surface area contributed by atoms with Gasteiger partial charge < -0.3 is 23.4 Å². The van der Waals surface area contributed by atoms with Gasteiger partial charge in [0.2, 0.25) is 0 Å². The normalized spacial score (nSPS) is 30.9. The molecule has 5 heterocycles. The summed E-state index contributed by atoms with van der Waals surface area (Å²) >= 11 is 0. The van der Waals surface area contributed by atoms with E-state index in [0.29, 0.717) is 6.61 Å². The number of esters is 1. The van der Waals surface area contributed by atoms with Crippen molar-refractivity contribution in [3.05, 3.63) is 214 Å². The van der Waals surface area contributed by atoms with Gasteiger partial charge in [0.05, 0.1) is 25.4 Å². The number of benzene rings is 6. The minimum absolute atomic E-state index is 0.0251. The Kier molecular flexibility index (Phi) is 25.1. The van der Waals surface area contributed by atoms with Crippen LogP contribution in [-0.4, -0.2) is 155 Å². The Labute approximate surface area is 593 Å². The fourth-order valence-corrected chi connectivity index (χ4v) is 25.9. The van der Waals surface area contributed by atoms with E-state index >= 15 is 0 Å². The van der Waals surface area contributed by atoms with Gasteiger partial charge in [0.15, 0.2) is 12.6 Å². The van der Waals surface area contributed by atoms with Crippen LogP contribution in [0.4, 0.5) is 0 Å². The molecule has 6 aromatic rings. The van der Waals surface area contributed by atoms with E-state index < -0.39 is 125 Å². The monoisotopic (exact) mass is 1410 g/mol. The van der Waals surface area contributed by atoms with Crippen LogP contribution in [0.2, 0.25) is 10.1 Å². The zero-order valence-corrected chi connectivity index (χ0v) is 62.0. The molecule has 11 rings (SSSR count). The Hall–Kier alpha value is -6.24. The van der Waals surface area contributed by atoms with Crippen LogP contribution in [0.15, 0.2) is 192 Å². The number of fused-ring (bicyclic) bond motifs is 2. The van der Waals surface area contributed by atoms with Crippen LogP contribution in [-0.2, 0) is 67.5 Å². The number of hydrogen-bond donors (Lipinski definition) is 0. The Morgan fingerprint density at radius 2 is 0.960 bits per heavy atom. The Bertz CT molecular complexity index is 3630. The second kappa shape index (κ2) is 33.5. The number of carbonyl (C=O) groups excluding carboxylic acids is 1. The van der Waals surface area contributed by atoms with Crippen LogP contribution in [0.3, 0.4) is 0 Å². The van der Waals surface area contributed by atoms with E-state index in [9.17, 15) is 20.6 Å². The van der Waals surface area contributed by atoms with E-state index in [2.05, 4.69) is 124 Å². The van der Waals surface area contributed by atoms with Crippen molar-refractivity contribution in [3.63, 3.8) is 0 Å². The number of azide groups is 2. The third kappa shape index (κ3) is 16.1. The van der Waals surface area contributed by atoms with Crippen LogP contribution >= 0.6 is 8.46 Å². The Morgan fingerprint density at radius 1 is 0.520 bits per heavy atom. The first kappa shape index (κ1) is 74.9. The van der Waals surface area contributed by atoms with Crippen LogP contribution in [0.25, 0.3) is 20.9 Å². The van der Waals surface area contributed by atoms with Gasteiger partial charge in [-0.2, -0.15) is 0 Å². The summed E-state index contributed by atoms with van der Waals surface area (Å²) in [5, 5.41) is 12.3. The molecule has 5 fully saturated rings. The molecule has 5 saturated heterocycles. The maximum atomic E-state index is 14.9. The van der Waals surface area contributed by atoms with Gasteiger partial charge in [0.1, 0.15) is 12.2 Å². The van der Waals surface area contributed by atoms with Gasteiger partial charge >= 0.3 is 303 Å². The summed E-state index contributed by atoms with van der Waals surface area (Å²) in [4.78, 5) is 21.7. The van der Waals surface area contributed by atoms with E-state index in [1.54, 1.807) is 31.2 Å². The second-order valence-electron chi connectivity index (χ2n) is 29.2. The van der Waals surface area contributed by atoms with Crippen molar-refractivity contribution < 1.29 is 65.7 Å². The average molecular weight is 1410 g/mol. The molecule has 0 aliphatic carbocycles. The molecule has 1 radical (unpaired) electrons. The van der Waals surface area contributed by atoms with Crippen molar-refractivity contribution >= 4 is 65.7 Å². The molecule has 0 aromatic heterocycles. The van der Waals surface area contributed by atoms with Gasteiger partial charge in [-0.1, -0.05) is 156 Å². The van der Waals surface area contributed by atoms with Crippen LogP contribution in [0, 0.1) is 29.6 Å². The molecule has 10 unspecified atom stereocenters. The fraction of sp³-hybridized carbons (Fsp3) is 0.507. The van der Waals surface area contributed by atoms with Gasteiger partial charge in [0.25, 0.3) is 8.32 Å².